The summed E-state index contributed by atoms with van der Waals surface area (Å²) in [5.41, 5.74) is 4.10. The molecule has 0 amide bonds. The van der Waals surface area contributed by atoms with E-state index in [1.54, 1.807) is 28.9 Å². The monoisotopic (exact) mass is 534 g/mol. The Bertz CT molecular complexity index is 1510. The van der Waals surface area contributed by atoms with E-state index in [9.17, 15) is 8.42 Å². The maximum absolute atomic E-state index is 12.0. The van der Waals surface area contributed by atoms with Crippen LogP contribution in [0.25, 0.3) is 27.9 Å². The molecule has 3 heterocycles. The number of hydrogen-bond donors (Lipinski definition) is 0. The van der Waals surface area contributed by atoms with Crippen molar-refractivity contribution in [3.05, 3.63) is 67.1 Å². The van der Waals surface area contributed by atoms with E-state index in [2.05, 4.69) is 15.0 Å². The number of benzene rings is 2. The number of sulfone groups is 1. The first-order valence-corrected chi connectivity index (χ1v) is 15.0. The molecular formula is C29H34N4O4S. The van der Waals surface area contributed by atoms with Crippen molar-refractivity contribution in [2.75, 3.05) is 39.1 Å². The van der Waals surface area contributed by atoms with Gasteiger partial charge < -0.3 is 9.47 Å². The van der Waals surface area contributed by atoms with Gasteiger partial charge in [-0.05, 0) is 48.2 Å². The third kappa shape index (κ3) is 5.75. The zero-order valence-electron chi connectivity index (χ0n) is 22.1. The van der Waals surface area contributed by atoms with Gasteiger partial charge in [-0.25, -0.2) is 17.9 Å². The molecule has 0 bridgehead atoms. The summed E-state index contributed by atoms with van der Waals surface area (Å²) < 4.78 is 37.5. The van der Waals surface area contributed by atoms with Crippen molar-refractivity contribution >= 4 is 15.5 Å². The maximum atomic E-state index is 12.0. The third-order valence-electron chi connectivity index (χ3n) is 6.87. The number of ether oxygens (including phenoxy) is 2. The molecule has 8 nitrogen and oxygen atoms in total. The standard InChI is InChI=1S/C27H28N4O4S.C2H6/c1-36(32,33)24-4-2-3-21(15-24)25-17-29-31-18-22(16-28-26(25)31)20-5-7-23(8-6-20)35-27(9-10-27)19-30-11-13-34-14-12-30;1-2/h2-8,15-18H,9-14,19H2,1H3;1-2H3. The van der Waals surface area contributed by atoms with Crippen LogP contribution in [0.1, 0.15) is 26.7 Å². The van der Waals surface area contributed by atoms with Gasteiger partial charge >= 0.3 is 0 Å². The van der Waals surface area contributed by atoms with Crippen molar-refractivity contribution in [3.8, 4) is 28.0 Å². The minimum absolute atomic E-state index is 0.0702. The van der Waals surface area contributed by atoms with Crippen molar-refractivity contribution in [3.63, 3.8) is 0 Å². The second kappa shape index (κ2) is 10.8. The second-order valence-corrected chi connectivity index (χ2v) is 11.7. The molecule has 0 unspecified atom stereocenters. The molecule has 1 aliphatic carbocycles. The van der Waals surface area contributed by atoms with E-state index in [0.717, 1.165) is 73.7 Å². The summed E-state index contributed by atoms with van der Waals surface area (Å²) in [6.45, 7) is 8.49. The molecule has 1 saturated carbocycles. The summed E-state index contributed by atoms with van der Waals surface area (Å²) >= 11 is 0. The van der Waals surface area contributed by atoms with Crippen LogP contribution in [-0.4, -0.2) is 72.6 Å². The first kappa shape index (κ1) is 26.3. The number of nitrogens with zero attached hydrogens (tertiary/aromatic N) is 4. The molecule has 2 fully saturated rings. The van der Waals surface area contributed by atoms with Crippen LogP contribution in [0.4, 0.5) is 0 Å². The Labute approximate surface area is 224 Å². The molecule has 0 spiro atoms. The summed E-state index contributed by atoms with van der Waals surface area (Å²) in [5.74, 6) is 0.880. The highest BCUT2D eigenvalue weighted by molar-refractivity contribution is 7.90. The average molecular weight is 535 g/mol. The van der Waals surface area contributed by atoms with E-state index in [-0.39, 0.29) is 10.5 Å². The van der Waals surface area contributed by atoms with Gasteiger partial charge in [-0.2, -0.15) is 5.10 Å². The lowest BCUT2D eigenvalue weighted by Crippen LogP contribution is -2.43. The van der Waals surface area contributed by atoms with Crippen molar-refractivity contribution in [2.24, 2.45) is 0 Å². The van der Waals surface area contributed by atoms with Crippen LogP contribution in [0.15, 0.2) is 72.0 Å². The molecule has 4 aromatic rings. The fourth-order valence-corrected chi connectivity index (χ4v) is 5.35. The Kier molecular flexibility index (Phi) is 7.52. The SMILES string of the molecule is CC.CS(=O)(=O)c1cccc(-c2cnn3cc(-c4ccc(OC5(CN6CCOCC6)CC5)cc4)cnc23)c1. The second-order valence-electron chi connectivity index (χ2n) is 9.67. The fraction of sp³-hybridized carbons (Fsp3) is 0.379. The van der Waals surface area contributed by atoms with Gasteiger partial charge in [0.15, 0.2) is 15.5 Å². The highest BCUT2D eigenvalue weighted by Gasteiger charge is 2.46. The van der Waals surface area contributed by atoms with Crippen LogP contribution < -0.4 is 4.74 Å². The minimum atomic E-state index is -3.30. The molecule has 0 atom stereocenters. The van der Waals surface area contributed by atoms with Crippen LogP contribution in [0.5, 0.6) is 5.75 Å². The summed E-state index contributed by atoms with van der Waals surface area (Å²) in [6, 6.07) is 15.0. The molecule has 38 heavy (non-hydrogen) atoms. The topological polar surface area (TPSA) is 86.0 Å². The van der Waals surface area contributed by atoms with E-state index in [4.69, 9.17) is 9.47 Å². The van der Waals surface area contributed by atoms with Gasteiger partial charge in [0.2, 0.25) is 0 Å². The quantitative estimate of drug-likeness (QED) is 0.339. The van der Waals surface area contributed by atoms with Crippen LogP contribution in [0.2, 0.25) is 0 Å². The molecular weight excluding hydrogens is 500 g/mol. The van der Waals surface area contributed by atoms with Gasteiger partial charge in [0.1, 0.15) is 11.4 Å². The van der Waals surface area contributed by atoms with Crippen LogP contribution in [0.3, 0.4) is 0 Å². The molecule has 2 aliphatic rings. The Balaban J connectivity index is 0.00000144. The van der Waals surface area contributed by atoms with Gasteiger partial charge in [0.05, 0.1) is 24.3 Å². The predicted molar refractivity (Wildman–Crippen MR) is 148 cm³/mol. The zero-order chi connectivity index (χ0) is 26.8. The first-order chi connectivity index (χ1) is 18.4. The first-order valence-electron chi connectivity index (χ1n) is 13.1. The fourth-order valence-electron chi connectivity index (χ4n) is 4.69. The van der Waals surface area contributed by atoms with Crippen LogP contribution in [-0.2, 0) is 14.6 Å². The van der Waals surface area contributed by atoms with Gasteiger partial charge in [0, 0.05) is 49.4 Å². The van der Waals surface area contributed by atoms with Crippen LogP contribution in [0, 0.1) is 0 Å². The van der Waals surface area contributed by atoms with E-state index in [0.29, 0.717) is 5.65 Å². The number of rotatable bonds is 7. The van der Waals surface area contributed by atoms with E-state index in [1.807, 2.05) is 56.6 Å². The van der Waals surface area contributed by atoms with Gasteiger partial charge in [-0.15, -0.1) is 0 Å². The number of aromatic nitrogens is 3. The summed E-state index contributed by atoms with van der Waals surface area (Å²) in [5, 5.41) is 4.47. The molecule has 200 valence electrons. The molecule has 2 aromatic carbocycles. The molecule has 1 aliphatic heterocycles. The van der Waals surface area contributed by atoms with Gasteiger partial charge in [-0.1, -0.05) is 38.1 Å². The summed E-state index contributed by atoms with van der Waals surface area (Å²) in [7, 11) is -3.30. The smallest absolute Gasteiger partial charge is 0.175 e. The third-order valence-corrected chi connectivity index (χ3v) is 7.99. The lowest BCUT2D eigenvalue weighted by atomic mass is 10.1. The Morgan fingerprint density at radius 3 is 2.39 bits per heavy atom. The highest BCUT2D eigenvalue weighted by Crippen LogP contribution is 2.41. The molecule has 0 radical (unpaired) electrons. The predicted octanol–water partition coefficient (Wildman–Crippen LogP) is 4.74. The lowest BCUT2D eigenvalue weighted by molar-refractivity contribution is 0.0140. The maximum Gasteiger partial charge on any atom is 0.175 e. The Hall–Kier alpha value is -3.27. The van der Waals surface area contributed by atoms with Crippen LogP contribution >= 0.6 is 0 Å². The number of hydrogen-bond acceptors (Lipinski definition) is 7. The molecule has 2 aromatic heterocycles. The molecule has 6 rings (SSSR count). The van der Waals surface area contributed by atoms with Gasteiger partial charge in [-0.3, -0.25) is 4.90 Å². The highest BCUT2D eigenvalue weighted by atomic mass is 32.2. The van der Waals surface area contributed by atoms with Gasteiger partial charge in [0.25, 0.3) is 0 Å². The number of morpholine rings is 1. The lowest BCUT2D eigenvalue weighted by Gasteiger charge is -2.30. The molecule has 1 saturated heterocycles. The average Bonchev–Trinajstić information content (AvgIpc) is 3.55. The van der Waals surface area contributed by atoms with Crippen molar-refractivity contribution < 1.29 is 17.9 Å². The van der Waals surface area contributed by atoms with Crippen molar-refractivity contribution in [2.45, 2.75) is 37.2 Å². The summed E-state index contributed by atoms with van der Waals surface area (Å²) in [4.78, 5) is 7.35. The zero-order valence-corrected chi connectivity index (χ0v) is 22.9. The van der Waals surface area contributed by atoms with Crippen molar-refractivity contribution in [1.82, 2.24) is 19.5 Å². The van der Waals surface area contributed by atoms with E-state index < -0.39 is 9.84 Å². The van der Waals surface area contributed by atoms with E-state index in [1.165, 1.54) is 6.26 Å². The largest absolute Gasteiger partial charge is 0.486 e. The normalized spacial score (nSPS) is 17.0. The minimum Gasteiger partial charge on any atom is -0.486 e. The Morgan fingerprint density at radius 1 is 0.974 bits per heavy atom. The van der Waals surface area contributed by atoms with Crippen molar-refractivity contribution in [1.29, 1.82) is 0 Å². The Morgan fingerprint density at radius 2 is 1.71 bits per heavy atom. The molecule has 0 N–H and O–H groups in total. The summed E-state index contributed by atoms with van der Waals surface area (Å²) in [6.07, 6.45) is 8.84. The van der Waals surface area contributed by atoms with E-state index >= 15 is 0 Å². The number of fused-ring (bicyclic) bond motifs is 1. The molecule has 9 heteroatoms.